The van der Waals surface area contributed by atoms with Crippen molar-refractivity contribution < 1.29 is 9.59 Å². The Labute approximate surface area is 80.7 Å². The van der Waals surface area contributed by atoms with Crippen LogP contribution in [0.25, 0.3) is 0 Å². The van der Waals surface area contributed by atoms with Crippen LogP contribution in [0.1, 0.15) is 47.0 Å². The maximum Gasteiger partial charge on any atom is 0.133 e. The average molecular weight is 184 g/mol. The van der Waals surface area contributed by atoms with Crippen molar-refractivity contribution >= 4 is 12.1 Å². The summed E-state index contributed by atoms with van der Waals surface area (Å²) in [5.41, 5.74) is 0.0674. The van der Waals surface area contributed by atoms with Crippen LogP contribution in [0.15, 0.2) is 0 Å². The van der Waals surface area contributed by atoms with E-state index in [1.165, 1.54) is 0 Å². The van der Waals surface area contributed by atoms with E-state index in [1.54, 1.807) is 0 Å². The SMILES string of the molecule is CC(CC=O)CC(=O)CC(C)(C)C. The highest BCUT2D eigenvalue weighted by atomic mass is 16.1. The topological polar surface area (TPSA) is 34.1 Å². The molecule has 1 unspecified atom stereocenters. The first kappa shape index (κ1) is 12.3. The van der Waals surface area contributed by atoms with Gasteiger partial charge in [0.2, 0.25) is 0 Å². The number of ketones is 1. The van der Waals surface area contributed by atoms with Crippen molar-refractivity contribution in [2.24, 2.45) is 11.3 Å². The molecule has 0 saturated heterocycles. The van der Waals surface area contributed by atoms with Crippen LogP contribution in [-0.2, 0) is 9.59 Å². The fourth-order valence-electron chi connectivity index (χ4n) is 1.30. The van der Waals surface area contributed by atoms with Crippen molar-refractivity contribution in [3.05, 3.63) is 0 Å². The standard InChI is InChI=1S/C11H20O2/c1-9(5-6-12)7-10(13)8-11(2,3)4/h6,9H,5,7-8H2,1-4H3. The summed E-state index contributed by atoms with van der Waals surface area (Å²) in [7, 11) is 0. The van der Waals surface area contributed by atoms with E-state index < -0.39 is 0 Å². The minimum atomic E-state index is 0.0674. The molecule has 2 nitrogen and oxygen atoms in total. The van der Waals surface area contributed by atoms with Gasteiger partial charge in [-0.3, -0.25) is 4.79 Å². The number of hydrogen-bond donors (Lipinski definition) is 0. The van der Waals surface area contributed by atoms with E-state index in [0.29, 0.717) is 19.3 Å². The molecule has 2 heteroatoms. The Hall–Kier alpha value is -0.660. The maximum atomic E-state index is 11.4. The van der Waals surface area contributed by atoms with E-state index in [9.17, 15) is 9.59 Å². The third-order valence-corrected chi connectivity index (χ3v) is 1.80. The molecule has 0 N–H and O–H groups in total. The molecule has 0 aromatic rings. The minimum absolute atomic E-state index is 0.0674. The number of aldehydes is 1. The highest BCUT2D eigenvalue weighted by molar-refractivity contribution is 5.79. The molecule has 0 bridgehead atoms. The number of carbonyl (C=O) groups is 2. The summed E-state index contributed by atoms with van der Waals surface area (Å²) in [6, 6.07) is 0. The molecule has 0 aliphatic rings. The Kier molecular flexibility index (Phi) is 4.89. The quantitative estimate of drug-likeness (QED) is 0.615. The minimum Gasteiger partial charge on any atom is -0.303 e. The van der Waals surface area contributed by atoms with Gasteiger partial charge in [-0.15, -0.1) is 0 Å². The second kappa shape index (κ2) is 5.15. The lowest BCUT2D eigenvalue weighted by molar-refractivity contribution is -0.121. The van der Waals surface area contributed by atoms with Crippen molar-refractivity contribution in [2.75, 3.05) is 0 Å². The summed E-state index contributed by atoms with van der Waals surface area (Å²) in [4.78, 5) is 21.6. The predicted molar refractivity (Wildman–Crippen MR) is 53.5 cm³/mol. The first-order valence-electron chi connectivity index (χ1n) is 4.80. The van der Waals surface area contributed by atoms with Gasteiger partial charge in [0.15, 0.2) is 0 Å². The number of hydrogen-bond acceptors (Lipinski definition) is 2. The summed E-state index contributed by atoms with van der Waals surface area (Å²) in [5, 5.41) is 0. The van der Waals surface area contributed by atoms with Gasteiger partial charge in [-0.25, -0.2) is 0 Å². The molecule has 13 heavy (non-hydrogen) atoms. The van der Waals surface area contributed by atoms with Crippen molar-refractivity contribution in [3.63, 3.8) is 0 Å². The molecule has 0 saturated carbocycles. The molecular formula is C11H20O2. The number of Topliss-reactive ketones (excluding diaryl/α,β-unsaturated/α-hetero) is 1. The first-order valence-corrected chi connectivity index (χ1v) is 4.80. The third kappa shape index (κ3) is 7.69. The lowest BCUT2D eigenvalue weighted by atomic mass is 9.87. The Bertz CT molecular complexity index is 177. The highest BCUT2D eigenvalue weighted by Crippen LogP contribution is 2.21. The number of carbonyl (C=O) groups excluding carboxylic acids is 2. The molecule has 0 radical (unpaired) electrons. The summed E-state index contributed by atoms with van der Waals surface area (Å²) in [6.07, 6.45) is 2.52. The van der Waals surface area contributed by atoms with Gasteiger partial charge in [-0.2, -0.15) is 0 Å². The van der Waals surface area contributed by atoms with Crippen molar-refractivity contribution in [1.82, 2.24) is 0 Å². The molecule has 0 aromatic carbocycles. The number of rotatable bonds is 5. The van der Waals surface area contributed by atoms with Crippen LogP contribution in [0.5, 0.6) is 0 Å². The molecule has 0 spiro atoms. The van der Waals surface area contributed by atoms with Crippen LogP contribution >= 0.6 is 0 Å². The van der Waals surface area contributed by atoms with Crippen LogP contribution < -0.4 is 0 Å². The second-order valence-electron chi connectivity index (χ2n) is 4.99. The fourth-order valence-corrected chi connectivity index (χ4v) is 1.30. The van der Waals surface area contributed by atoms with Gasteiger partial charge in [-0.05, 0) is 11.3 Å². The van der Waals surface area contributed by atoms with E-state index in [-0.39, 0.29) is 17.1 Å². The molecule has 0 aliphatic carbocycles. The summed E-state index contributed by atoms with van der Waals surface area (Å²) in [6.45, 7) is 8.09. The Morgan fingerprint density at radius 1 is 1.38 bits per heavy atom. The molecule has 0 fully saturated rings. The third-order valence-electron chi connectivity index (χ3n) is 1.80. The van der Waals surface area contributed by atoms with Gasteiger partial charge in [0.1, 0.15) is 12.1 Å². The zero-order valence-electron chi connectivity index (χ0n) is 9.09. The second-order valence-corrected chi connectivity index (χ2v) is 4.99. The summed E-state index contributed by atoms with van der Waals surface area (Å²) in [5.74, 6) is 0.467. The van der Waals surface area contributed by atoms with Gasteiger partial charge in [0.05, 0.1) is 0 Å². The maximum absolute atomic E-state index is 11.4. The van der Waals surface area contributed by atoms with Gasteiger partial charge in [-0.1, -0.05) is 27.7 Å². The van der Waals surface area contributed by atoms with Gasteiger partial charge in [0.25, 0.3) is 0 Å². The molecule has 0 aliphatic heterocycles. The van der Waals surface area contributed by atoms with Crippen LogP contribution in [0, 0.1) is 11.3 Å². The summed E-state index contributed by atoms with van der Waals surface area (Å²) >= 11 is 0. The average Bonchev–Trinajstić information content (AvgIpc) is 1.81. The van der Waals surface area contributed by atoms with Crippen molar-refractivity contribution in [1.29, 1.82) is 0 Å². The van der Waals surface area contributed by atoms with Gasteiger partial charge >= 0.3 is 0 Å². The zero-order valence-corrected chi connectivity index (χ0v) is 9.09. The molecule has 0 heterocycles. The van der Waals surface area contributed by atoms with Gasteiger partial charge < -0.3 is 4.79 Å². The molecule has 0 amide bonds. The lowest BCUT2D eigenvalue weighted by Crippen LogP contribution is -2.15. The molecule has 76 valence electrons. The van der Waals surface area contributed by atoms with Crippen LogP contribution in [-0.4, -0.2) is 12.1 Å². The van der Waals surface area contributed by atoms with E-state index in [4.69, 9.17) is 0 Å². The van der Waals surface area contributed by atoms with Crippen molar-refractivity contribution in [2.45, 2.75) is 47.0 Å². The van der Waals surface area contributed by atoms with E-state index in [0.717, 1.165) is 6.29 Å². The lowest BCUT2D eigenvalue weighted by Gasteiger charge is -2.17. The zero-order chi connectivity index (χ0) is 10.5. The van der Waals surface area contributed by atoms with Crippen molar-refractivity contribution in [3.8, 4) is 0 Å². The van der Waals surface area contributed by atoms with E-state index in [2.05, 4.69) is 20.8 Å². The highest BCUT2D eigenvalue weighted by Gasteiger charge is 2.17. The van der Waals surface area contributed by atoms with E-state index in [1.807, 2.05) is 6.92 Å². The smallest absolute Gasteiger partial charge is 0.133 e. The molecular weight excluding hydrogens is 164 g/mol. The molecule has 0 aromatic heterocycles. The fraction of sp³-hybridized carbons (Fsp3) is 0.818. The first-order chi connectivity index (χ1) is 5.85. The Morgan fingerprint density at radius 3 is 2.31 bits per heavy atom. The van der Waals surface area contributed by atoms with Crippen LogP contribution in [0.4, 0.5) is 0 Å². The van der Waals surface area contributed by atoms with Crippen LogP contribution in [0.2, 0.25) is 0 Å². The molecule has 0 rings (SSSR count). The molecule has 1 atom stereocenters. The van der Waals surface area contributed by atoms with E-state index >= 15 is 0 Å². The summed E-state index contributed by atoms with van der Waals surface area (Å²) < 4.78 is 0. The van der Waals surface area contributed by atoms with Crippen LogP contribution in [0.3, 0.4) is 0 Å². The Morgan fingerprint density at radius 2 is 1.92 bits per heavy atom. The monoisotopic (exact) mass is 184 g/mol. The normalized spacial score (nSPS) is 13.8. The largest absolute Gasteiger partial charge is 0.303 e. The van der Waals surface area contributed by atoms with Gasteiger partial charge in [0, 0.05) is 19.3 Å². The predicted octanol–water partition coefficient (Wildman–Crippen LogP) is 2.61. The Balaban J connectivity index is 3.81.